The number of thiazole rings is 1. The summed E-state index contributed by atoms with van der Waals surface area (Å²) in [6.07, 6.45) is 6.17. The Hall–Kier alpha value is -3.78. The van der Waals surface area contributed by atoms with E-state index in [1.807, 2.05) is 35.2 Å². The first kappa shape index (κ1) is 24.6. The Labute approximate surface area is 225 Å². The maximum absolute atomic E-state index is 13.9. The van der Waals surface area contributed by atoms with Gasteiger partial charge in [0.15, 0.2) is 5.75 Å². The van der Waals surface area contributed by atoms with Crippen molar-refractivity contribution in [3.63, 3.8) is 0 Å². The quantitative estimate of drug-likeness (QED) is 0.317. The first-order valence-corrected chi connectivity index (χ1v) is 14.1. The molecule has 0 unspecified atom stereocenters. The third kappa shape index (κ3) is 5.13. The van der Waals surface area contributed by atoms with Crippen LogP contribution in [-0.2, 0) is 0 Å². The molecule has 1 N–H and O–H groups in total. The summed E-state index contributed by atoms with van der Waals surface area (Å²) in [5.41, 5.74) is 3.37. The zero-order chi connectivity index (χ0) is 26.1. The Morgan fingerprint density at radius 3 is 2.76 bits per heavy atom. The second-order valence-electron chi connectivity index (χ2n) is 10.1. The van der Waals surface area contributed by atoms with Crippen LogP contribution in [0, 0.1) is 6.92 Å². The van der Waals surface area contributed by atoms with Crippen LogP contribution < -0.4 is 10.1 Å². The normalized spacial score (nSPS) is 17.4. The molecular weight excluding hydrogens is 496 g/mol. The molecule has 1 saturated carbocycles. The molecule has 2 aromatic heterocycles. The van der Waals surface area contributed by atoms with Gasteiger partial charge >= 0.3 is 6.09 Å². The van der Waals surface area contributed by atoms with E-state index < -0.39 is 6.09 Å². The summed E-state index contributed by atoms with van der Waals surface area (Å²) in [6, 6.07) is 17.4. The summed E-state index contributed by atoms with van der Waals surface area (Å²) in [5.74, 6) is 0.833. The van der Waals surface area contributed by atoms with E-state index in [1.165, 1.54) is 0 Å². The lowest BCUT2D eigenvalue weighted by Crippen LogP contribution is -2.50. The van der Waals surface area contributed by atoms with Crippen LogP contribution in [0.4, 0.5) is 4.79 Å². The van der Waals surface area contributed by atoms with Crippen LogP contribution >= 0.6 is 11.3 Å². The van der Waals surface area contributed by atoms with Gasteiger partial charge in [-0.05, 0) is 56.7 Å². The highest BCUT2D eigenvalue weighted by Gasteiger charge is 2.34. The minimum atomic E-state index is -0.550. The highest BCUT2D eigenvalue weighted by atomic mass is 32.1. The number of nitrogens with one attached hydrogen (secondary N) is 1. The molecule has 1 aliphatic heterocycles. The number of hydrogen-bond donors (Lipinski definition) is 1. The predicted octanol–water partition coefficient (Wildman–Crippen LogP) is 6.33. The molecule has 6 rings (SSSR count). The Bertz CT molecular complexity index is 1490. The van der Waals surface area contributed by atoms with E-state index in [2.05, 4.69) is 35.4 Å². The number of amides is 2. The van der Waals surface area contributed by atoms with Crippen LogP contribution in [-0.4, -0.2) is 46.0 Å². The number of benzene rings is 2. The SMILES string of the molecule is Cc1cccc(-c2sc(C3CC3)nc2C(=O)N2CCCC[C@H]2CNC(=O)Oc2cccc3cccnc23)c1. The summed E-state index contributed by atoms with van der Waals surface area (Å²) in [7, 11) is 0. The van der Waals surface area contributed by atoms with E-state index in [-0.39, 0.29) is 11.9 Å². The number of fused-ring (bicyclic) bond motifs is 1. The first-order valence-electron chi connectivity index (χ1n) is 13.2. The summed E-state index contributed by atoms with van der Waals surface area (Å²) in [4.78, 5) is 38.7. The van der Waals surface area contributed by atoms with E-state index in [9.17, 15) is 9.59 Å². The van der Waals surface area contributed by atoms with E-state index in [1.54, 1.807) is 23.6 Å². The van der Waals surface area contributed by atoms with Crippen molar-refractivity contribution in [2.45, 2.75) is 51.0 Å². The number of para-hydroxylation sites is 1. The number of pyridine rings is 1. The van der Waals surface area contributed by atoms with E-state index in [0.29, 0.717) is 36.0 Å². The lowest BCUT2D eigenvalue weighted by molar-refractivity contribution is 0.0607. The summed E-state index contributed by atoms with van der Waals surface area (Å²) < 4.78 is 5.60. The molecule has 0 bridgehead atoms. The average Bonchev–Trinajstić information content (AvgIpc) is 3.70. The van der Waals surface area contributed by atoms with Crippen LogP contribution in [0.25, 0.3) is 21.3 Å². The van der Waals surface area contributed by atoms with Crippen molar-refractivity contribution in [3.05, 3.63) is 77.1 Å². The largest absolute Gasteiger partial charge is 0.412 e. The molecule has 0 spiro atoms. The maximum atomic E-state index is 13.9. The molecular formula is C30H30N4O3S. The fourth-order valence-electron chi connectivity index (χ4n) is 5.08. The second-order valence-corrected chi connectivity index (χ2v) is 11.2. The Morgan fingerprint density at radius 2 is 1.92 bits per heavy atom. The fraction of sp³-hybridized carbons (Fsp3) is 0.333. The van der Waals surface area contributed by atoms with Crippen molar-refractivity contribution in [2.24, 2.45) is 0 Å². The third-order valence-electron chi connectivity index (χ3n) is 7.22. The van der Waals surface area contributed by atoms with Crippen LogP contribution in [0.5, 0.6) is 5.75 Å². The van der Waals surface area contributed by atoms with Gasteiger partial charge in [-0.2, -0.15) is 0 Å². The monoisotopic (exact) mass is 526 g/mol. The molecule has 2 aromatic carbocycles. The van der Waals surface area contributed by atoms with Crippen molar-refractivity contribution >= 4 is 34.2 Å². The number of carbonyl (C=O) groups excluding carboxylic acids is 2. The topological polar surface area (TPSA) is 84.4 Å². The van der Waals surface area contributed by atoms with Crippen LogP contribution in [0.1, 0.15) is 59.1 Å². The Morgan fingerprint density at radius 1 is 1.08 bits per heavy atom. The highest BCUT2D eigenvalue weighted by Crippen LogP contribution is 2.45. The molecule has 8 heteroatoms. The number of aromatic nitrogens is 2. The molecule has 1 saturated heterocycles. The lowest BCUT2D eigenvalue weighted by Gasteiger charge is -2.35. The number of nitrogens with zero attached hydrogens (tertiary/aromatic N) is 3. The van der Waals surface area contributed by atoms with E-state index in [4.69, 9.17) is 9.72 Å². The number of aryl methyl sites for hydroxylation is 1. The van der Waals surface area contributed by atoms with Crippen molar-refractivity contribution in [2.75, 3.05) is 13.1 Å². The van der Waals surface area contributed by atoms with Crippen LogP contribution in [0.15, 0.2) is 60.8 Å². The van der Waals surface area contributed by atoms with Gasteiger partial charge < -0.3 is 15.0 Å². The second kappa shape index (κ2) is 10.5. The van der Waals surface area contributed by atoms with Crippen molar-refractivity contribution in [3.8, 4) is 16.2 Å². The van der Waals surface area contributed by atoms with Gasteiger partial charge in [0.25, 0.3) is 5.91 Å². The zero-order valence-corrected chi connectivity index (χ0v) is 22.2. The Balaban J connectivity index is 1.19. The number of hydrogen-bond acceptors (Lipinski definition) is 6. The molecule has 38 heavy (non-hydrogen) atoms. The molecule has 1 atom stereocenters. The summed E-state index contributed by atoms with van der Waals surface area (Å²) in [5, 5.41) is 4.85. The number of piperidine rings is 1. The summed E-state index contributed by atoms with van der Waals surface area (Å²) >= 11 is 1.65. The van der Waals surface area contributed by atoms with E-state index >= 15 is 0 Å². The number of rotatable bonds is 6. The molecule has 2 fully saturated rings. The zero-order valence-electron chi connectivity index (χ0n) is 21.4. The van der Waals surface area contributed by atoms with Crippen molar-refractivity contribution in [1.82, 2.24) is 20.2 Å². The van der Waals surface area contributed by atoms with Gasteiger partial charge in [-0.25, -0.2) is 9.78 Å². The molecule has 2 aliphatic rings. The van der Waals surface area contributed by atoms with Gasteiger partial charge in [-0.3, -0.25) is 9.78 Å². The molecule has 194 valence electrons. The van der Waals surface area contributed by atoms with Gasteiger partial charge in [0.1, 0.15) is 11.2 Å². The number of carbonyl (C=O) groups is 2. The highest BCUT2D eigenvalue weighted by molar-refractivity contribution is 7.15. The van der Waals surface area contributed by atoms with Gasteiger partial charge in [0, 0.05) is 36.6 Å². The first-order chi connectivity index (χ1) is 18.6. The molecule has 2 amide bonds. The number of likely N-dealkylation sites (tertiary alicyclic amines) is 1. The number of ether oxygens (including phenoxy) is 1. The minimum absolute atomic E-state index is 0.0530. The molecule has 0 radical (unpaired) electrons. The minimum Gasteiger partial charge on any atom is -0.408 e. The standard InChI is InChI=1S/C30H30N4O3S/c1-19-7-4-9-22(17-19)27-26(33-28(38-27)21-13-14-21)29(35)34-16-3-2-11-23(34)18-32-30(36)37-24-12-5-8-20-10-6-15-31-25(20)24/h4-10,12,15,17,21,23H,2-3,11,13-14,16,18H2,1H3,(H,32,36)/t23-/m0/s1. The van der Waals surface area contributed by atoms with Gasteiger partial charge in [-0.15, -0.1) is 11.3 Å². The average molecular weight is 527 g/mol. The lowest BCUT2D eigenvalue weighted by atomic mass is 10.0. The molecule has 3 heterocycles. The van der Waals surface area contributed by atoms with E-state index in [0.717, 1.165) is 58.5 Å². The van der Waals surface area contributed by atoms with Gasteiger partial charge in [0.05, 0.1) is 9.88 Å². The third-order valence-corrected chi connectivity index (χ3v) is 8.49. The van der Waals surface area contributed by atoms with Crippen molar-refractivity contribution < 1.29 is 14.3 Å². The molecule has 7 nitrogen and oxygen atoms in total. The fourth-order valence-corrected chi connectivity index (χ4v) is 6.30. The molecule has 4 aromatic rings. The summed E-state index contributed by atoms with van der Waals surface area (Å²) in [6.45, 7) is 3.03. The maximum Gasteiger partial charge on any atom is 0.412 e. The van der Waals surface area contributed by atoms with Crippen LogP contribution in [0.2, 0.25) is 0 Å². The smallest absolute Gasteiger partial charge is 0.408 e. The Kier molecular flexibility index (Phi) is 6.81. The van der Waals surface area contributed by atoms with Gasteiger partial charge in [0.2, 0.25) is 0 Å². The van der Waals surface area contributed by atoms with Crippen LogP contribution in [0.3, 0.4) is 0 Å². The molecule has 1 aliphatic carbocycles. The van der Waals surface area contributed by atoms with Gasteiger partial charge in [-0.1, -0.05) is 48.0 Å². The van der Waals surface area contributed by atoms with Crippen molar-refractivity contribution in [1.29, 1.82) is 0 Å². The predicted molar refractivity (Wildman–Crippen MR) is 149 cm³/mol.